The topological polar surface area (TPSA) is 94.1 Å². The van der Waals surface area contributed by atoms with Crippen LogP contribution in [-0.4, -0.2) is 28.7 Å². The molecule has 0 atom stereocenters. The summed E-state index contributed by atoms with van der Waals surface area (Å²) in [6.07, 6.45) is 0.612. The van der Waals surface area contributed by atoms with E-state index in [1.54, 1.807) is 18.2 Å². The van der Waals surface area contributed by atoms with E-state index in [0.717, 1.165) is 6.54 Å². The molecule has 0 aliphatic rings. The van der Waals surface area contributed by atoms with Crippen LogP contribution in [0, 0.1) is 10.1 Å². The second kappa shape index (κ2) is 5.37. The zero-order valence-electron chi connectivity index (χ0n) is 9.79. The molecule has 0 bridgehead atoms. The molecule has 0 aliphatic heterocycles. The molecular formula is C11H12N4O3. The van der Waals surface area contributed by atoms with Crippen LogP contribution in [0.5, 0.6) is 0 Å². The van der Waals surface area contributed by atoms with Crippen molar-refractivity contribution in [2.75, 3.05) is 13.6 Å². The Morgan fingerprint density at radius 2 is 2.22 bits per heavy atom. The third kappa shape index (κ3) is 2.51. The Balaban J connectivity index is 2.31. The Kier molecular flexibility index (Phi) is 3.63. The Hall–Kier alpha value is -2.28. The summed E-state index contributed by atoms with van der Waals surface area (Å²) >= 11 is 0. The highest BCUT2D eigenvalue weighted by molar-refractivity contribution is 5.66. The maximum Gasteiger partial charge on any atom is 0.282 e. The van der Waals surface area contributed by atoms with Crippen LogP contribution in [0.4, 0.5) is 5.69 Å². The van der Waals surface area contributed by atoms with Gasteiger partial charge >= 0.3 is 0 Å². The standard InChI is InChI=1S/C11H12N4O3/c1-12-7-6-10-13-11(18-14-10)8-4-2-3-5-9(8)15(16)17/h2-5,12H,6-7H2,1H3. The largest absolute Gasteiger partial charge is 0.334 e. The van der Waals surface area contributed by atoms with Crippen LogP contribution in [0.3, 0.4) is 0 Å². The smallest absolute Gasteiger partial charge is 0.282 e. The van der Waals surface area contributed by atoms with Crippen molar-refractivity contribution in [1.82, 2.24) is 15.5 Å². The molecule has 0 spiro atoms. The monoisotopic (exact) mass is 248 g/mol. The lowest BCUT2D eigenvalue weighted by Gasteiger charge is -1.96. The van der Waals surface area contributed by atoms with Gasteiger partial charge in [-0.15, -0.1) is 0 Å². The van der Waals surface area contributed by atoms with Gasteiger partial charge in [-0.25, -0.2) is 0 Å². The lowest BCUT2D eigenvalue weighted by Crippen LogP contribution is -2.11. The van der Waals surface area contributed by atoms with Gasteiger partial charge in [0.05, 0.1) is 4.92 Å². The molecule has 2 rings (SSSR count). The van der Waals surface area contributed by atoms with E-state index in [-0.39, 0.29) is 11.6 Å². The van der Waals surface area contributed by atoms with Crippen molar-refractivity contribution in [3.63, 3.8) is 0 Å². The third-order valence-electron chi connectivity index (χ3n) is 2.40. The van der Waals surface area contributed by atoms with Gasteiger partial charge < -0.3 is 9.84 Å². The van der Waals surface area contributed by atoms with E-state index < -0.39 is 4.92 Å². The minimum Gasteiger partial charge on any atom is -0.334 e. The number of nitrogens with one attached hydrogen (secondary N) is 1. The number of nitro groups is 1. The van der Waals surface area contributed by atoms with Crippen LogP contribution < -0.4 is 5.32 Å². The second-order valence-corrected chi connectivity index (χ2v) is 3.64. The van der Waals surface area contributed by atoms with Gasteiger partial charge in [0, 0.05) is 19.0 Å². The van der Waals surface area contributed by atoms with E-state index in [1.165, 1.54) is 6.07 Å². The first-order valence-electron chi connectivity index (χ1n) is 5.43. The van der Waals surface area contributed by atoms with Crippen LogP contribution in [0.1, 0.15) is 5.82 Å². The maximum absolute atomic E-state index is 10.9. The highest BCUT2D eigenvalue weighted by Gasteiger charge is 2.19. The molecule has 1 N–H and O–H groups in total. The van der Waals surface area contributed by atoms with E-state index in [4.69, 9.17) is 4.52 Å². The maximum atomic E-state index is 10.9. The molecule has 7 heteroatoms. The number of hydrogen-bond donors (Lipinski definition) is 1. The van der Waals surface area contributed by atoms with Crippen LogP contribution in [0.2, 0.25) is 0 Å². The molecule has 1 aromatic heterocycles. The van der Waals surface area contributed by atoms with Crippen molar-refractivity contribution in [3.05, 3.63) is 40.2 Å². The number of rotatable bonds is 5. The molecule has 0 aliphatic carbocycles. The summed E-state index contributed by atoms with van der Waals surface area (Å²) in [7, 11) is 1.82. The van der Waals surface area contributed by atoms with Crippen LogP contribution in [0.25, 0.3) is 11.5 Å². The Labute approximate surface area is 103 Å². The molecule has 18 heavy (non-hydrogen) atoms. The predicted molar refractivity (Wildman–Crippen MR) is 64.0 cm³/mol. The van der Waals surface area contributed by atoms with E-state index in [0.29, 0.717) is 17.8 Å². The number of nitro benzene ring substituents is 1. The zero-order chi connectivity index (χ0) is 13.0. The van der Waals surface area contributed by atoms with Crippen molar-refractivity contribution in [2.24, 2.45) is 0 Å². The van der Waals surface area contributed by atoms with Crippen molar-refractivity contribution >= 4 is 5.69 Å². The van der Waals surface area contributed by atoms with Gasteiger partial charge in [-0.2, -0.15) is 4.98 Å². The lowest BCUT2D eigenvalue weighted by atomic mass is 10.2. The van der Waals surface area contributed by atoms with E-state index in [9.17, 15) is 10.1 Å². The van der Waals surface area contributed by atoms with Gasteiger partial charge in [0.25, 0.3) is 11.6 Å². The molecule has 1 aromatic carbocycles. The zero-order valence-corrected chi connectivity index (χ0v) is 9.79. The van der Waals surface area contributed by atoms with E-state index >= 15 is 0 Å². The first kappa shape index (κ1) is 12.2. The molecule has 2 aromatic rings. The lowest BCUT2D eigenvalue weighted by molar-refractivity contribution is -0.384. The van der Waals surface area contributed by atoms with Gasteiger partial charge in [-0.3, -0.25) is 10.1 Å². The number of nitrogens with zero attached hydrogens (tertiary/aromatic N) is 3. The van der Waals surface area contributed by atoms with E-state index in [1.807, 2.05) is 7.05 Å². The minimum absolute atomic E-state index is 0.0404. The second-order valence-electron chi connectivity index (χ2n) is 3.64. The highest BCUT2D eigenvalue weighted by atomic mass is 16.6. The summed E-state index contributed by atoms with van der Waals surface area (Å²) in [4.78, 5) is 14.6. The fourth-order valence-electron chi connectivity index (χ4n) is 1.52. The molecule has 1 heterocycles. The number of likely N-dealkylation sites (N-methyl/N-ethyl adjacent to an activating group) is 1. The van der Waals surface area contributed by atoms with Crippen molar-refractivity contribution < 1.29 is 9.45 Å². The first-order chi connectivity index (χ1) is 8.72. The van der Waals surface area contributed by atoms with Gasteiger partial charge in [0.2, 0.25) is 0 Å². The summed E-state index contributed by atoms with van der Waals surface area (Å²) in [5.74, 6) is 0.700. The number of para-hydroxylation sites is 1. The molecule has 0 saturated heterocycles. The molecular weight excluding hydrogens is 236 g/mol. The quantitative estimate of drug-likeness (QED) is 0.635. The Morgan fingerprint density at radius 1 is 1.44 bits per heavy atom. The van der Waals surface area contributed by atoms with Gasteiger partial charge in [-0.05, 0) is 13.1 Å². The van der Waals surface area contributed by atoms with Crippen LogP contribution in [0.15, 0.2) is 28.8 Å². The molecule has 7 nitrogen and oxygen atoms in total. The highest BCUT2D eigenvalue weighted by Crippen LogP contribution is 2.27. The van der Waals surface area contributed by atoms with Gasteiger partial charge in [0.1, 0.15) is 5.56 Å². The average molecular weight is 248 g/mol. The molecule has 94 valence electrons. The minimum atomic E-state index is -0.465. The Morgan fingerprint density at radius 3 is 2.94 bits per heavy atom. The molecule has 0 radical (unpaired) electrons. The van der Waals surface area contributed by atoms with Crippen molar-refractivity contribution in [1.29, 1.82) is 0 Å². The molecule has 0 unspecified atom stereocenters. The molecule has 0 amide bonds. The van der Waals surface area contributed by atoms with Crippen molar-refractivity contribution in [3.8, 4) is 11.5 Å². The van der Waals surface area contributed by atoms with Crippen molar-refractivity contribution in [2.45, 2.75) is 6.42 Å². The number of hydrogen-bond acceptors (Lipinski definition) is 6. The van der Waals surface area contributed by atoms with E-state index in [2.05, 4.69) is 15.5 Å². The number of benzene rings is 1. The summed E-state index contributed by atoms with van der Waals surface area (Å²) in [5.41, 5.74) is 0.298. The van der Waals surface area contributed by atoms with Crippen LogP contribution in [-0.2, 0) is 6.42 Å². The Bertz CT molecular complexity index is 553. The average Bonchev–Trinajstić information content (AvgIpc) is 2.85. The fraction of sp³-hybridized carbons (Fsp3) is 0.273. The molecule has 0 saturated carbocycles. The van der Waals surface area contributed by atoms with Gasteiger partial charge in [-0.1, -0.05) is 17.3 Å². The van der Waals surface area contributed by atoms with Gasteiger partial charge in [0.15, 0.2) is 5.82 Å². The first-order valence-corrected chi connectivity index (χ1v) is 5.43. The summed E-state index contributed by atoms with van der Waals surface area (Å²) in [6.45, 7) is 0.718. The SMILES string of the molecule is CNCCc1noc(-c2ccccc2[N+](=O)[O-])n1. The fourth-order valence-corrected chi connectivity index (χ4v) is 1.52. The normalized spacial score (nSPS) is 10.5. The molecule has 0 fully saturated rings. The summed E-state index contributed by atoms with van der Waals surface area (Å²) < 4.78 is 5.05. The summed E-state index contributed by atoms with van der Waals surface area (Å²) in [6, 6.07) is 6.29. The third-order valence-corrected chi connectivity index (χ3v) is 2.40. The van der Waals surface area contributed by atoms with Crippen LogP contribution >= 0.6 is 0 Å². The number of aromatic nitrogens is 2. The predicted octanol–water partition coefficient (Wildman–Crippen LogP) is 1.41. The summed E-state index contributed by atoms with van der Waals surface area (Å²) in [5, 5.41) is 17.6.